The van der Waals surface area contributed by atoms with Crippen molar-refractivity contribution in [3.8, 4) is 0 Å². The third-order valence-electron chi connectivity index (χ3n) is 5.35. The quantitative estimate of drug-likeness (QED) is 0.519. The lowest BCUT2D eigenvalue weighted by Crippen LogP contribution is -2.40. The lowest BCUT2D eigenvalue weighted by molar-refractivity contribution is -0.127. The summed E-state index contributed by atoms with van der Waals surface area (Å²) in [6.45, 7) is 7.23. The molecule has 0 spiro atoms. The van der Waals surface area contributed by atoms with Gasteiger partial charge in [-0.3, -0.25) is 4.79 Å². The molecule has 1 atom stereocenters. The van der Waals surface area contributed by atoms with E-state index in [2.05, 4.69) is 27.8 Å². The maximum atomic E-state index is 13.4. The van der Waals surface area contributed by atoms with Gasteiger partial charge in [0.1, 0.15) is 5.82 Å². The number of carbonyl (C=O) groups excluding carboxylic acids is 1. The van der Waals surface area contributed by atoms with Crippen LogP contribution in [0.3, 0.4) is 0 Å². The van der Waals surface area contributed by atoms with Crippen molar-refractivity contribution in [1.82, 2.24) is 15.5 Å². The smallest absolute Gasteiger partial charge is 0.223 e. The summed E-state index contributed by atoms with van der Waals surface area (Å²) in [6, 6.07) is 15.3. The number of nitrogens with one attached hydrogen (secondary N) is 2. The van der Waals surface area contributed by atoms with Gasteiger partial charge in [0.2, 0.25) is 5.91 Å². The predicted octanol–water partition coefficient (Wildman–Crippen LogP) is 3.28. The van der Waals surface area contributed by atoms with Crippen LogP contribution in [0.2, 0.25) is 0 Å². The highest BCUT2D eigenvalue weighted by Crippen LogP contribution is 2.17. The van der Waals surface area contributed by atoms with Gasteiger partial charge in [0.15, 0.2) is 5.96 Å². The number of hydrogen-bond acceptors (Lipinski definition) is 2. The Morgan fingerprint density at radius 1 is 1.17 bits per heavy atom. The van der Waals surface area contributed by atoms with Crippen LogP contribution in [0.15, 0.2) is 53.5 Å². The number of halogens is 1. The second kappa shape index (κ2) is 10.8. The van der Waals surface area contributed by atoms with Gasteiger partial charge in [-0.15, -0.1) is 0 Å². The summed E-state index contributed by atoms with van der Waals surface area (Å²) < 4.78 is 13.4. The van der Waals surface area contributed by atoms with Crippen LogP contribution in [0.1, 0.15) is 30.0 Å². The van der Waals surface area contributed by atoms with E-state index in [9.17, 15) is 9.18 Å². The summed E-state index contributed by atoms with van der Waals surface area (Å²) in [7, 11) is 0. The third-order valence-corrected chi connectivity index (χ3v) is 5.35. The molecule has 0 radical (unpaired) electrons. The Labute approximate surface area is 178 Å². The van der Waals surface area contributed by atoms with Crippen molar-refractivity contribution < 1.29 is 9.18 Å². The van der Waals surface area contributed by atoms with E-state index < -0.39 is 0 Å². The Morgan fingerprint density at radius 3 is 2.70 bits per heavy atom. The molecule has 2 aromatic rings. The van der Waals surface area contributed by atoms with Crippen LogP contribution in [-0.2, 0) is 17.8 Å². The maximum absolute atomic E-state index is 13.4. The molecule has 30 heavy (non-hydrogen) atoms. The fourth-order valence-corrected chi connectivity index (χ4v) is 3.67. The van der Waals surface area contributed by atoms with E-state index in [1.165, 1.54) is 11.6 Å². The van der Waals surface area contributed by atoms with Crippen LogP contribution in [0.5, 0.6) is 0 Å². The molecule has 1 amide bonds. The monoisotopic (exact) mass is 410 g/mol. The molecule has 5 nitrogen and oxygen atoms in total. The molecule has 2 aromatic carbocycles. The van der Waals surface area contributed by atoms with Crippen molar-refractivity contribution in [3.63, 3.8) is 0 Å². The molecule has 1 saturated heterocycles. The van der Waals surface area contributed by atoms with Gasteiger partial charge < -0.3 is 15.5 Å². The van der Waals surface area contributed by atoms with E-state index >= 15 is 0 Å². The Bertz CT molecular complexity index is 869. The minimum absolute atomic E-state index is 0.199. The average Bonchev–Trinajstić information content (AvgIpc) is 3.11. The Morgan fingerprint density at radius 2 is 1.97 bits per heavy atom. The molecule has 1 heterocycles. The maximum Gasteiger partial charge on any atom is 0.223 e. The normalized spacial score (nSPS) is 16.8. The molecule has 0 aromatic heterocycles. The standard InChI is InChI=1S/C24H31FN4O/c1-3-26-24(27-15-20-9-10-22(25)18(2)13-20)28-16-21-14-23(30)29(17-21)12-11-19-7-5-4-6-8-19/h4-10,13,21H,3,11-12,14-17H2,1-2H3,(H2,26,27,28). The number of amides is 1. The molecule has 1 fully saturated rings. The molecule has 1 aliphatic heterocycles. The van der Waals surface area contributed by atoms with E-state index in [1.807, 2.05) is 36.1 Å². The first-order chi connectivity index (χ1) is 14.5. The van der Waals surface area contributed by atoms with Crippen LogP contribution in [0.25, 0.3) is 0 Å². The topological polar surface area (TPSA) is 56.7 Å². The zero-order valence-corrected chi connectivity index (χ0v) is 17.8. The summed E-state index contributed by atoms with van der Waals surface area (Å²) in [5, 5.41) is 6.60. The van der Waals surface area contributed by atoms with Gasteiger partial charge in [0.05, 0.1) is 6.54 Å². The van der Waals surface area contributed by atoms with Gasteiger partial charge in [0, 0.05) is 38.5 Å². The Kier molecular flexibility index (Phi) is 7.82. The van der Waals surface area contributed by atoms with Crippen molar-refractivity contribution in [3.05, 3.63) is 71.0 Å². The number of aryl methyl sites for hydroxylation is 1. The van der Waals surface area contributed by atoms with Gasteiger partial charge in [-0.2, -0.15) is 0 Å². The van der Waals surface area contributed by atoms with Crippen molar-refractivity contribution in [2.24, 2.45) is 10.9 Å². The van der Waals surface area contributed by atoms with Gasteiger partial charge in [-0.25, -0.2) is 9.38 Å². The number of guanidine groups is 1. The van der Waals surface area contributed by atoms with E-state index in [0.717, 1.165) is 37.6 Å². The summed E-state index contributed by atoms with van der Waals surface area (Å²) in [4.78, 5) is 18.9. The fourth-order valence-electron chi connectivity index (χ4n) is 3.67. The molecule has 1 aliphatic rings. The zero-order chi connectivity index (χ0) is 21.3. The highest BCUT2D eigenvalue weighted by molar-refractivity contribution is 5.81. The van der Waals surface area contributed by atoms with Crippen molar-refractivity contribution in [2.45, 2.75) is 33.2 Å². The first-order valence-corrected chi connectivity index (χ1v) is 10.6. The number of hydrogen-bond donors (Lipinski definition) is 2. The fraction of sp³-hybridized carbons (Fsp3) is 0.417. The molecule has 0 saturated carbocycles. The Balaban J connectivity index is 1.49. The number of nitrogens with zero attached hydrogens (tertiary/aromatic N) is 2. The molecule has 160 valence electrons. The molecular formula is C24H31FN4O. The average molecular weight is 411 g/mol. The van der Waals surface area contributed by atoms with Crippen LogP contribution in [0, 0.1) is 18.7 Å². The third kappa shape index (κ3) is 6.31. The molecule has 1 unspecified atom stereocenters. The predicted molar refractivity (Wildman–Crippen MR) is 119 cm³/mol. The van der Waals surface area contributed by atoms with Gasteiger partial charge in [0.25, 0.3) is 0 Å². The summed E-state index contributed by atoms with van der Waals surface area (Å²) in [5.74, 6) is 1.01. The van der Waals surface area contributed by atoms with E-state index in [1.54, 1.807) is 13.0 Å². The van der Waals surface area contributed by atoms with Crippen LogP contribution >= 0.6 is 0 Å². The number of aliphatic imine (C=N–C) groups is 1. The highest BCUT2D eigenvalue weighted by atomic mass is 19.1. The highest BCUT2D eigenvalue weighted by Gasteiger charge is 2.29. The number of rotatable bonds is 8. The van der Waals surface area contributed by atoms with Gasteiger partial charge >= 0.3 is 0 Å². The zero-order valence-electron chi connectivity index (χ0n) is 17.8. The van der Waals surface area contributed by atoms with E-state index in [0.29, 0.717) is 25.1 Å². The summed E-state index contributed by atoms with van der Waals surface area (Å²) in [5.41, 5.74) is 2.85. The molecule has 0 bridgehead atoms. The first-order valence-electron chi connectivity index (χ1n) is 10.6. The lowest BCUT2D eigenvalue weighted by atomic mass is 10.1. The molecule has 6 heteroatoms. The second-order valence-corrected chi connectivity index (χ2v) is 7.81. The SMILES string of the molecule is CCNC(=NCc1ccc(F)c(C)c1)NCC1CC(=O)N(CCc2ccccc2)C1. The molecular weight excluding hydrogens is 379 g/mol. The number of carbonyl (C=O) groups is 1. The van der Waals surface area contributed by atoms with Crippen LogP contribution in [0.4, 0.5) is 4.39 Å². The second-order valence-electron chi connectivity index (χ2n) is 7.81. The molecule has 2 N–H and O–H groups in total. The summed E-state index contributed by atoms with van der Waals surface area (Å²) >= 11 is 0. The summed E-state index contributed by atoms with van der Waals surface area (Å²) in [6.07, 6.45) is 1.45. The van der Waals surface area contributed by atoms with Gasteiger partial charge in [-0.05, 0) is 43.0 Å². The largest absolute Gasteiger partial charge is 0.357 e. The van der Waals surface area contributed by atoms with E-state index in [4.69, 9.17) is 0 Å². The first kappa shape index (κ1) is 21.8. The number of likely N-dealkylation sites (tertiary alicyclic amines) is 1. The Hall–Kier alpha value is -2.89. The molecule has 3 rings (SSSR count). The number of benzene rings is 2. The van der Waals surface area contributed by atoms with E-state index in [-0.39, 0.29) is 17.6 Å². The van der Waals surface area contributed by atoms with Gasteiger partial charge in [-0.1, -0.05) is 42.5 Å². The van der Waals surface area contributed by atoms with Crippen molar-refractivity contribution in [1.29, 1.82) is 0 Å². The van der Waals surface area contributed by atoms with Crippen LogP contribution in [-0.4, -0.2) is 42.9 Å². The lowest BCUT2D eigenvalue weighted by Gasteiger charge is -2.18. The van der Waals surface area contributed by atoms with Crippen molar-refractivity contribution >= 4 is 11.9 Å². The minimum Gasteiger partial charge on any atom is -0.357 e. The minimum atomic E-state index is -0.199. The van der Waals surface area contributed by atoms with Crippen molar-refractivity contribution in [2.75, 3.05) is 26.2 Å². The molecule has 0 aliphatic carbocycles. The van der Waals surface area contributed by atoms with Crippen LogP contribution < -0.4 is 10.6 Å².